The molecule has 0 amide bonds. The van der Waals surface area contributed by atoms with Crippen LogP contribution in [-0.4, -0.2) is 0 Å². The van der Waals surface area contributed by atoms with E-state index in [0.29, 0.717) is 0 Å². The molecule has 0 heterocycles. The molecule has 0 atom stereocenters. The minimum Gasteiger partial charge on any atom is -0.145 e. The zero-order valence-corrected chi connectivity index (χ0v) is 6.32. The maximum absolute atomic E-state index is 9.71. The van der Waals surface area contributed by atoms with E-state index in [9.17, 15) is 4.91 Å². The minimum atomic E-state index is 0.996. The average Bonchev–Trinajstić information content (AvgIpc) is 2.04. The Labute approximate surface area is 65.5 Å². The first-order valence-electron chi connectivity index (χ1n) is 3.38. The maximum Gasteiger partial charge on any atom is 0.0720 e. The van der Waals surface area contributed by atoms with Crippen molar-refractivity contribution in [3.8, 4) is 0 Å². The topological polar surface area (TPSA) is 29.4 Å². The van der Waals surface area contributed by atoms with Crippen molar-refractivity contribution in [3.05, 3.63) is 46.5 Å². The molecule has 1 aromatic rings. The molecule has 0 saturated heterocycles. The van der Waals surface area contributed by atoms with Crippen molar-refractivity contribution >= 4 is 6.08 Å². The fraction of sp³-hybridized carbons (Fsp3) is 0.111. The van der Waals surface area contributed by atoms with Gasteiger partial charge in [-0.2, -0.15) is 0 Å². The molecule has 1 aromatic carbocycles. The summed E-state index contributed by atoms with van der Waals surface area (Å²) in [4.78, 5) is 9.71. The van der Waals surface area contributed by atoms with E-state index in [-0.39, 0.29) is 0 Å². The van der Waals surface area contributed by atoms with E-state index in [1.807, 2.05) is 31.2 Å². The van der Waals surface area contributed by atoms with Crippen LogP contribution in [0.25, 0.3) is 6.08 Å². The molecule has 0 saturated carbocycles. The van der Waals surface area contributed by atoms with E-state index >= 15 is 0 Å². The summed E-state index contributed by atoms with van der Waals surface area (Å²) in [7, 11) is 0. The van der Waals surface area contributed by atoms with Gasteiger partial charge in [-0.25, -0.2) is 0 Å². The third-order valence-corrected chi connectivity index (χ3v) is 1.41. The maximum atomic E-state index is 9.71. The van der Waals surface area contributed by atoms with Gasteiger partial charge in [0.25, 0.3) is 0 Å². The van der Waals surface area contributed by atoms with E-state index in [0.717, 1.165) is 5.56 Å². The zero-order valence-electron chi connectivity index (χ0n) is 6.32. The molecule has 0 fully saturated rings. The fourth-order valence-corrected chi connectivity index (χ4v) is 0.794. The monoisotopic (exact) mass is 147 g/mol. The number of nitroso groups, excluding NO2 is 1. The summed E-state index contributed by atoms with van der Waals surface area (Å²) in [6.45, 7) is 2.02. The standard InChI is InChI=1S/C9H9NO/c1-8-2-4-9(5-3-8)6-7-10-11/h2-7H,1H3. The smallest absolute Gasteiger partial charge is 0.0720 e. The molecular formula is C9H9NO. The van der Waals surface area contributed by atoms with Gasteiger partial charge in [-0.15, -0.1) is 4.91 Å². The summed E-state index contributed by atoms with van der Waals surface area (Å²) in [6.07, 6.45) is 2.91. The van der Waals surface area contributed by atoms with Crippen LogP contribution in [0.4, 0.5) is 0 Å². The predicted octanol–water partition coefficient (Wildman–Crippen LogP) is 2.73. The van der Waals surface area contributed by atoms with Crippen LogP contribution in [0.15, 0.2) is 35.6 Å². The number of nitrogens with zero attached hydrogens (tertiary/aromatic N) is 1. The second kappa shape index (κ2) is 3.66. The molecule has 0 spiro atoms. The Morgan fingerprint density at radius 3 is 2.45 bits per heavy atom. The van der Waals surface area contributed by atoms with Crippen LogP contribution in [0.2, 0.25) is 0 Å². The third kappa shape index (κ3) is 2.34. The van der Waals surface area contributed by atoms with E-state index in [2.05, 4.69) is 5.18 Å². The number of rotatable bonds is 2. The highest BCUT2D eigenvalue weighted by Crippen LogP contribution is 2.04. The van der Waals surface area contributed by atoms with Gasteiger partial charge in [-0.1, -0.05) is 29.8 Å². The van der Waals surface area contributed by atoms with Crippen LogP contribution in [0.1, 0.15) is 11.1 Å². The van der Waals surface area contributed by atoms with Gasteiger partial charge >= 0.3 is 0 Å². The average molecular weight is 147 g/mol. The normalized spacial score (nSPS) is 10.3. The van der Waals surface area contributed by atoms with Gasteiger partial charge in [0, 0.05) is 0 Å². The first-order chi connectivity index (χ1) is 5.33. The largest absolute Gasteiger partial charge is 0.145 e. The van der Waals surface area contributed by atoms with Crippen LogP contribution in [0, 0.1) is 11.8 Å². The van der Waals surface area contributed by atoms with Crippen molar-refractivity contribution in [1.29, 1.82) is 0 Å². The molecule has 2 heteroatoms. The quantitative estimate of drug-likeness (QED) is 0.591. The van der Waals surface area contributed by atoms with Crippen LogP contribution in [-0.2, 0) is 0 Å². The third-order valence-electron chi connectivity index (χ3n) is 1.41. The molecule has 0 aliphatic carbocycles. The highest BCUT2D eigenvalue weighted by Gasteiger charge is 1.84. The molecule has 0 aliphatic rings. The van der Waals surface area contributed by atoms with Crippen molar-refractivity contribution in [3.63, 3.8) is 0 Å². The van der Waals surface area contributed by atoms with Crippen LogP contribution >= 0.6 is 0 Å². The highest BCUT2D eigenvalue weighted by molar-refractivity contribution is 5.49. The summed E-state index contributed by atoms with van der Waals surface area (Å²) in [5, 5.41) is 2.62. The van der Waals surface area contributed by atoms with Crippen molar-refractivity contribution in [1.82, 2.24) is 0 Å². The van der Waals surface area contributed by atoms with Crippen molar-refractivity contribution in [2.24, 2.45) is 5.18 Å². The Bertz CT molecular complexity index is 261. The van der Waals surface area contributed by atoms with Crippen LogP contribution in [0.3, 0.4) is 0 Å². The van der Waals surface area contributed by atoms with E-state index in [1.54, 1.807) is 6.08 Å². The van der Waals surface area contributed by atoms with Crippen molar-refractivity contribution in [2.45, 2.75) is 6.92 Å². The van der Waals surface area contributed by atoms with Crippen molar-refractivity contribution in [2.75, 3.05) is 0 Å². The number of hydrogen-bond acceptors (Lipinski definition) is 2. The summed E-state index contributed by atoms with van der Waals surface area (Å²) in [6, 6.07) is 7.86. The SMILES string of the molecule is Cc1ccc(C=CN=O)cc1. The molecule has 0 bridgehead atoms. The molecule has 1 rings (SSSR count). The molecule has 0 radical (unpaired) electrons. The lowest BCUT2D eigenvalue weighted by Crippen LogP contribution is -1.72. The Morgan fingerprint density at radius 2 is 1.91 bits per heavy atom. The Balaban J connectivity index is 2.81. The second-order valence-corrected chi connectivity index (χ2v) is 2.33. The van der Waals surface area contributed by atoms with E-state index < -0.39 is 0 Å². The lowest BCUT2D eigenvalue weighted by atomic mass is 10.1. The lowest BCUT2D eigenvalue weighted by Gasteiger charge is -1.91. The summed E-state index contributed by atoms with van der Waals surface area (Å²) in [5.41, 5.74) is 2.21. The van der Waals surface area contributed by atoms with Gasteiger partial charge in [-0.3, -0.25) is 0 Å². The molecule has 0 unspecified atom stereocenters. The number of benzene rings is 1. The molecule has 2 nitrogen and oxygen atoms in total. The lowest BCUT2D eigenvalue weighted by molar-refractivity contribution is 1.46. The molecule has 11 heavy (non-hydrogen) atoms. The number of hydrogen-bond donors (Lipinski definition) is 0. The minimum absolute atomic E-state index is 0.996. The first-order valence-corrected chi connectivity index (χ1v) is 3.38. The van der Waals surface area contributed by atoms with Crippen LogP contribution in [0.5, 0.6) is 0 Å². The zero-order chi connectivity index (χ0) is 8.10. The summed E-state index contributed by atoms with van der Waals surface area (Å²) < 4.78 is 0. The predicted molar refractivity (Wildman–Crippen MR) is 46.0 cm³/mol. The Kier molecular flexibility index (Phi) is 2.55. The molecular weight excluding hydrogens is 138 g/mol. The fourth-order valence-electron chi connectivity index (χ4n) is 0.794. The Hall–Kier alpha value is -1.44. The van der Waals surface area contributed by atoms with Crippen molar-refractivity contribution < 1.29 is 0 Å². The van der Waals surface area contributed by atoms with Gasteiger partial charge in [0.05, 0.1) is 6.20 Å². The van der Waals surface area contributed by atoms with Gasteiger partial charge in [0.1, 0.15) is 0 Å². The van der Waals surface area contributed by atoms with Crippen LogP contribution < -0.4 is 0 Å². The molecule has 0 aromatic heterocycles. The molecule has 0 aliphatic heterocycles. The van der Waals surface area contributed by atoms with Gasteiger partial charge < -0.3 is 0 Å². The van der Waals surface area contributed by atoms with Gasteiger partial charge in [-0.05, 0) is 23.7 Å². The molecule has 56 valence electrons. The van der Waals surface area contributed by atoms with Gasteiger partial charge in [0.15, 0.2) is 0 Å². The Morgan fingerprint density at radius 1 is 1.27 bits per heavy atom. The van der Waals surface area contributed by atoms with Gasteiger partial charge in [0.2, 0.25) is 0 Å². The first kappa shape index (κ1) is 7.66. The molecule has 0 N–H and O–H groups in total. The van der Waals surface area contributed by atoms with E-state index in [4.69, 9.17) is 0 Å². The highest BCUT2D eigenvalue weighted by atomic mass is 16.2. The number of aryl methyl sites for hydroxylation is 1. The summed E-state index contributed by atoms with van der Waals surface area (Å²) in [5.74, 6) is 0. The van der Waals surface area contributed by atoms with E-state index in [1.165, 1.54) is 11.8 Å². The summed E-state index contributed by atoms with van der Waals surface area (Å²) >= 11 is 0. The second-order valence-electron chi connectivity index (χ2n) is 2.33.